The fourth-order valence-corrected chi connectivity index (χ4v) is 5.76. The minimum absolute atomic E-state index is 0.606. The fourth-order valence-electron chi connectivity index (χ4n) is 5.76. The molecule has 1 aliphatic rings. The number of hydrogen-bond acceptors (Lipinski definition) is 0. The van der Waals surface area contributed by atoms with Crippen molar-refractivity contribution in [3.05, 3.63) is 160 Å². The first-order chi connectivity index (χ1) is 21.1. The molecule has 0 radical (unpaired) electrons. The summed E-state index contributed by atoms with van der Waals surface area (Å²) in [6.45, 7) is 23.6. The lowest BCUT2D eigenvalue weighted by Crippen LogP contribution is -2.09. The predicted octanol–water partition coefficient (Wildman–Crippen LogP) is 13.3. The molecule has 4 aromatic carbocycles. The van der Waals surface area contributed by atoms with Crippen molar-refractivity contribution in [1.29, 1.82) is 0 Å². The molecule has 2 atom stereocenters. The fraction of sp³-hybridized carbons (Fsp3) is 0.273. The van der Waals surface area contributed by atoms with Gasteiger partial charge in [-0.05, 0) is 106 Å². The maximum atomic E-state index is 3.72. The second-order valence-electron chi connectivity index (χ2n) is 12.3. The largest absolute Gasteiger partial charge is 0.0991 e. The first-order valence-electron chi connectivity index (χ1n) is 16.0. The van der Waals surface area contributed by atoms with E-state index in [0.29, 0.717) is 11.8 Å². The van der Waals surface area contributed by atoms with E-state index in [2.05, 4.69) is 172 Å². The summed E-state index contributed by atoms with van der Waals surface area (Å²) in [5.41, 5.74) is 11.2. The van der Waals surface area contributed by atoms with E-state index in [1.807, 2.05) is 12.2 Å². The van der Waals surface area contributed by atoms with Crippen molar-refractivity contribution >= 4 is 27.6 Å². The van der Waals surface area contributed by atoms with E-state index in [4.69, 9.17) is 0 Å². The van der Waals surface area contributed by atoms with Crippen LogP contribution in [0.25, 0.3) is 27.6 Å². The van der Waals surface area contributed by atoms with Gasteiger partial charge in [-0.25, -0.2) is 0 Å². The minimum atomic E-state index is 0.606. The molecule has 1 aliphatic carbocycles. The minimum Gasteiger partial charge on any atom is -0.0991 e. The Hall–Kier alpha value is -4.16. The van der Waals surface area contributed by atoms with Gasteiger partial charge >= 0.3 is 0 Å². The lowest BCUT2D eigenvalue weighted by molar-refractivity contribution is 0.524. The molecule has 0 spiro atoms. The Morgan fingerprint density at radius 1 is 0.773 bits per heavy atom. The maximum Gasteiger partial charge on any atom is 0.00158 e. The van der Waals surface area contributed by atoms with Gasteiger partial charge in [0.25, 0.3) is 0 Å². The molecule has 0 amide bonds. The highest BCUT2D eigenvalue weighted by molar-refractivity contribution is 5.93. The van der Waals surface area contributed by atoms with Crippen LogP contribution in [-0.2, 0) is 0 Å². The molecule has 0 N–H and O–H groups in total. The topological polar surface area (TPSA) is 0 Å². The average Bonchev–Trinajstić information content (AvgIpc) is 3.15. The van der Waals surface area contributed by atoms with Gasteiger partial charge in [0, 0.05) is 5.92 Å². The first-order valence-corrected chi connectivity index (χ1v) is 16.0. The Labute approximate surface area is 267 Å². The quantitative estimate of drug-likeness (QED) is 0.211. The Balaban J connectivity index is 0.000000184. The highest BCUT2D eigenvalue weighted by Crippen LogP contribution is 2.34. The Kier molecular flexibility index (Phi) is 13.0. The molecular weight excluding hydrogens is 528 g/mol. The highest BCUT2D eigenvalue weighted by Gasteiger charge is 2.20. The molecule has 4 aromatic rings. The zero-order valence-electron chi connectivity index (χ0n) is 28.5. The number of allylic oxidation sites excluding steroid dienone is 10. The summed E-state index contributed by atoms with van der Waals surface area (Å²) in [5, 5.41) is 5.25. The molecule has 0 heterocycles. The van der Waals surface area contributed by atoms with Gasteiger partial charge in [0.15, 0.2) is 0 Å². The second-order valence-corrected chi connectivity index (χ2v) is 12.3. The first kappa shape index (κ1) is 34.3. The van der Waals surface area contributed by atoms with Crippen LogP contribution in [0.1, 0.15) is 70.2 Å². The summed E-state index contributed by atoms with van der Waals surface area (Å²) in [6, 6.07) is 25.7. The molecule has 0 saturated heterocycles. The van der Waals surface area contributed by atoms with Crippen molar-refractivity contribution in [2.45, 2.75) is 68.7 Å². The normalized spacial score (nSPS) is 17.2. The Bertz CT molecular complexity index is 1730. The number of aryl methyl sites for hydroxylation is 2. The van der Waals surface area contributed by atoms with E-state index in [1.165, 1.54) is 72.5 Å². The lowest BCUT2D eigenvalue weighted by atomic mass is 9.82. The van der Waals surface area contributed by atoms with Crippen LogP contribution in [0, 0.1) is 32.6 Å². The van der Waals surface area contributed by atoms with Crippen LogP contribution in [0.5, 0.6) is 0 Å². The zero-order valence-corrected chi connectivity index (χ0v) is 28.5. The van der Waals surface area contributed by atoms with Crippen molar-refractivity contribution in [2.75, 3.05) is 0 Å². The third-order valence-electron chi connectivity index (χ3n) is 9.01. The molecule has 44 heavy (non-hydrogen) atoms. The van der Waals surface area contributed by atoms with E-state index < -0.39 is 0 Å². The van der Waals surface area contributed by atoms with Gasteiger partial charge in [0.05, 0.1) is 0 Å². The summed E-state index contributed by atoms with van der Waals surface area (Å²) >= 11 is 0. The van der Waals surface area contributed by atoms with Crippen LogP contribution in [0.3, 0.4) is 0 Å². The molecule has 0 bridgehead atoms. The predicted molar refractivity (Wildman–Crippen MR) is 199 cm³/mol. The van der Waals surface area contributed by atoms with Gasteiger partial charge in [-0.1, -0.05) is 157 Å². The van der Waals surface area contributed by atoms with Gasteiger partial charge in [-0.3, -0.25) is 0 Å². The third-order valence-corrected chi connectivity index (χ3v) is 9.01. The lowest BCUT2D eigenvalue weighted by Gasteiger charge is -2.22. The van der Waals surface area contributed by atoms with Crippen LogP contribution in [-0.4, -0.2) is 0 Å². The summed E-state index contributed by atoms with van der Waals surface area (Å²) in [5.74, 6) is 1.29. The SMILES string of the molecule is C/C=C\C(C)=C(/C)C1CC(C)C(C)=CC=C1C.C=C/C=C\c1c(C)c(C)cc2ccccc12.Cc1ccc2ccccc2c1. The van der Waals surface area contributed by atoms with Crippen LogP contribution < -0.4 is 0 Å². The van der Waals surface area contributed by atoms with Crippen molar-refractivity contribution in [3.63, 3.8) is 0 Å². The third kappa shape index (κ3) is 9.17. The van der Waals surface area contributed by atoms with Gasteiger partial charge in [-0.2, -0.15) is 0 Å². The molecular formula is C44H52. The van der Waals surface area contributed by atoms with E-state index in [9.17, 15) is 0 Å². The zero-order chi connectivity index (χ0) is 32.2. The standard InChI is InChI=1S/C17H26.C16H16.C11H10/c1-7-8-13(3)16(6)17-11-15(5)12(2)9-10-14(17)4;1-4-5-9-15-13(3)12(2)11-14-8-6-7-10-16(14)15;1-9-6-7-10-4-2-3-5-11(10)8-9/h7-10,15,17H,11H2,1-6H3;4-11H,1H2,2-3H3;2-8H,1H3/b8-7-,16-13+;9-5-;. The Morgan fingerprint density at radius 3 is 2.09 bits per heavy atom. The average molecular weight is 581 g/mol. The van der Waals surface area contributed by atoms with Crippen molar-refractivity contribution < 1.29 is 0 Å². The molecule has 0 heteroatoms. The second kappa shape index (κ2) is 16.6. The van der Waals surface area contributed by atoms with Crippen LogP contribution >= 0.6 is 0 Å². The number of benzene rings is 4. The highest BCUT2D eigenvalue weighted by atomic mass is 14.3. The van der Waals surface area contributed by atoms with Crippen LogP contribution in [0.4, 0.5) is 0 Å². The molecule has 0 saturated carbocycles. The summed E-state index contributed by atoms with van der Waals surface area (Å²) in [6.07, 6.45) is 16.1. The smallest absolute Gasteiger partial charge is 0.00158 e. The van der Waals surface area contributed by atoms with Crippen molar-refractivity contribution in [1.82, 2.24) is 0 Å². The maximum absolute atomic E-state index is 3.72. The molecule has 0 aromatic heterocycles. The van der Waals surface area contributed by atoms with Crippen LogP contribution in [0.2, 0.25) is 0 Å². The van der Waals surface area contributed by atoms with Gasteiger partial charge in [-0.15, -0.1) is 0 Å². The van der Waals surface area contributed by atoms with Crippen LogP contribution in [0.15, 0.2) is 138 Å². The van der Waals surface area contributed by atoms with Gasteiger partial charge < -0.3 is 0 Å². The molecule has 0 aliphatic heterocycles. The molecule has 0 nitrogen and oxygen atoms in total. The molecule has 228 valence electrons. The number of fused-ring (bicyclic) bond motifs is 2. The molecule has 2 unspecified atom stereocenters. The molecule has 0 fully saturated rings. The van der Waals surface area contributed by atoms with E-state index >= 15 is 0 Å². The van der Waals surface area contributed by atoms with E-state index in [0.717, 1.165) is 0 Å². The van der Waals surface area contributed by atoms with Crippen molar-refractivity contribution in [3.8, 4) is 0 Å². The van der Waals surface area contributed by atoms with Crippen molar-refractivity contribution in [2.24, 2.45) is 11.8 Å². The summed E-state index contributed by atoms with van der Waals surface area (Å²) < 4.78 is 0. The summed E-state index contributed by atoms with van der Waals surface area (Å²) in [4.78, 5) is 0. The van der Waals surface area contributed by atoms with E-state index in [-0.39, 0.29) is 0 Å². The Morgan fingerprint density at radius 2 is 1.41 bits per heavy atom. The van der Waals surface area contributed by atoms with E-state index in [1.54, 1.807) is 0 Å². The number of hydrogen-bond donors (Lipinski definition) is 0. The van der Waals surface area contributed by atoms with Gasteiger partial charge in [0.1, 0.15) is 0 Å². The van der Waals surface area contributed by atoms with Gasteiger partial charge in [0.2, 0.25) is 0 Å². The number of rotatable bonds is 4. The molecule has 5 rings (SSSR count). The summed E-state index contributed by atoms with van der Waals surface area (Å²) in [7, 11) is 0. The monoisotopic (exact) mass is 580 g/mol.